The van der Waals surface area contributed by atoms with Crippen LogP contribution in [0.5, 0.6) is 0 Å². The van der Waals surface area contributed by atoms with Crippen LogP contribution in [-0.2, 0) is 4.79 Å². The van der Waals surface area contributed by atoms with Gasteiger partial charge in [-0.1, -0.05) is 0 Å². The Morgan fingerprint density at radius 3 is 2.96 bits per heavy atom. The van der Waals surface area contributed by atoms with E-state index in [1.807, 2.05) is 30.5 Å². The molecule has 1 aliphatic rings. The molecule has 5 rings (SSSR count). The third-order valence-electron chi connectivity index (χ3n) is 4.61. The number of H-pyrrole nitrogens is 2. The fourth-order valence-electron chi connectivity index (χ4n) is 3.52. The number of anilines is 1. The summed E-state index contributed by atoms with van der Waals surface area (Å²) in [5, 5.41) is 11.3. The quantitative estimate of drug-likeness (QED) is 0.526. The summed E-state index contributed by atoms with van der Waals surface area (Å²) in [6.07, 6.45) is 7.57. The van der Waals surface area contributed by atoms with Crippen LogP contribution in [0.15, 0.2) is 49.1 Å². The fourth-order valence-corrected chi connectivity index (χ4v) is 3.52. The van der Waals surface area contributed by atoms with Crippen molar-refractivity contribution >= 4 is 22.8 Å². The molecule has 0 saturated heterocycles. The summed E-state index contributed by atoms with van der Waals surface area (Å²) in [7, 11) is 0. The number of rotatable bonds is 2. The molecule has 0 radical (unpaired) electrons. The molecule has 1 amide bonds. The van der Waals surface area contributed by atoms with E-state index in [0.717, 1.165) is 33.4 Å². The third kappa shape index (κ3) is 2.13. The number of aromatic nitrogens is 5. The summed E-state index contributed by atoms with van der Waals surface area (Å²) >= 11 is 0. The highest BCUT2D eigenvalue weighted by Gasteiger charge is 2.33. The monoisotopic (exact) mass is 330 g/mol. The minimum Gasteiger partial charge on any atom is -0.346 e. The van der Waals surface area contributed by atoms with Crippen LogP contribution in [0.25, 0.3) is 22.3 Å². The van der Waals surface area contributed by atoms with E-state index in [4.69, 9.17) is 0 Å². The predicted octanol–water partition coefficient (Wildman–Crippen LogP) is 2.82. The second kappa shape index (κ2) is 5.27. The molecule has 25 heavy (non-hydrogen) atoms. The van der Waals surface area contributed by atoms with Gasteiger partial charge in [0, 0.05) is 53.6 Å². The molecule has 0 aliphatic carbocycles. The van der Waals surface area contributed by atoms with Crippen molar-refractivity contribution in [2.75, 3.05) is 5.32 Å². The van der Waals surface area contributed by atoms with Crippen LogP contribution >= 0.6 is 0 Å². The first kappa shape index (κ1) is 13.9. The van der Waals surface area contributed by atoms with Crippen LogP contribution in [0, 0.1) is 0 Å². The Kier molecular flexibility index (Phi) is 2.93. The second-order valence-corrected chi connectivity index (χ2v) is 6.05. The number of hydrogen-bond donors (Lipinski definition) is 3. The van der Waals surface area contributed by atoms with Crippen molar-refractivity contribution in [3.63, 3.8) is 0 Å². The van der Waals surface area contributed by atoms with Gasteiger partial charge in [-0.2, -0.15) is 5.10 Å². The van der Waals surface area contributed by atoms with E-state index in [1.54, 1.807) is 18.6 Å². The maximum Gasteiger partial charge on any atom is 0.226 e. The molecule has 1 unspecified atom stereocenters. The van der Waals surface area contributed by atoms with Crippen molar-refractivity contribution in [2.24, 2.45) is 0 Å². The molecule has 1 atom stereocenters. The van der Waals surface area contributed by atoms with Gasteiger partial charge in [0.25, 0.3) is 0 Å². The Bertz CT molecular complexity index is 1080. The first-order valence-corrected chi connectivity index (χ1v) is 8.02. The van der Waals surface area contributed by atoms with Gasteiger partial charge in [-0.25, -0.2) is 4.98 Å². The molecule has 7 heteroatoms. The number of hydrogen-bond acceptors (Lipinski definition) is 4. The maximum atomic E-state index is 12.2. The van der Waals surface area contributed by atoms with E-state index in [-0.39, 0.29) is 11.8 Å². The van der Waals surface area contributed by atoms with Gasteiger partial charge >= 0.3 is 0 Å². The van der Waals surface area contributed by atoms with Gasteiger partial charge < -0.3 is 10.3 Å². The largest absolute Gasteiger partial charge is 0.346 e. The number of fused-ring (bicyclic) bond motifs is 2. The lowest BCUT2D eigenvalue weighted by atomic mass is 9.84. The lowest BCUT2D eigenvalue weighted by Gasteiger charge is -2.22. The second-order valence-electron chi connectivity index (χ2n) is 6.05. The van der Waals surface area contributed by atoms with E-state index >= 15 is 0 Å². The Labute approximate surface area is 142 Å². The molecule has 0 fully saturated rings. The summed E-state index contributed by atoms with van der Waals surface area (Å²) in [5.41, 5.74) is 4.67. The Morgan fingerprint density at radius 2 is 2.08 bits per heavy atom. The molecule has 5 heterocycles. The predicted molar refractivity (Wildman–Crippen MR) is 93.0 cm³/mol. The van der Waals surface area contributed by atoms with E-state index < -0.39 is 0 Å². The molecule has 0 saturated carbocycles. The van der Waals surface area contributed by atoms with E-state index in [9.17, 15) is 4.79 Å². The normalized spacial score (nSPS) is 16.6. The summed E-state index contributed by atoms with van der Waals surface area (Å²) in [4.78, 5) is 23.9. The first-order valence-electron chi connectivity index (χ1n) is 8.02. The number of nitrogens with zero attached hydrogens (tertiary/aromatic N) is 3. The SMILES string of the molecule is O=C1CC(c2c[nH]c3ncccc23)c2c(n[nH]c2-c2cccnc2)N1. The molecular formula is C18H14N6O. The highest BCUT2D eigenvalue weighted by molar-refractivity contribution is 5.97. The van der Waals surface area contributed by atoms with Crippen LogP contribution in [0.4, 0.5) is 5.82 Å². The Morgan fingerprint density at radius 1 is 1.16 bits per heavy atom. The zero-order valence-corrected chi connectivity index (χ0v) is 13.2. The van der Waals surface area contributed by atoms with E-state index in [2.05, 4.69) is 30.5 Å². The number of pyridine rings is 2. The minimum absolute atomic E-state index is 0.0417. The number of carbonyl (C=O) groups excluding carboxylic acids is 1. The molecule has 0 bridgehead atoms. The zero-order valence-electron chi connectivity index (χ0n) is 13.2. The van der Waals surface area contributed by atoms with E-state index in [0.29, 0.717) is 12.2 Å². The van der Waals surface area contributed by atoms with Crippen LogP contribution < -0.4 is 5.32 Å². The van der Waals surface area contributed by atoms with Crippen LogP contribution in [0.1, 0.15) is 23.5 Å². The van der Waals surface area contributed by atoms with Crippen molar-refractivity contribution < 1.29 is 4.79 Å². The van der Waals surface area contributed by atoms with Crippen molar-refractivity contribution in [1.82, 2.24) is 25.1 Å². The van der Waals surface area contributed by atoms with E-state index in [1.165, 1.54) is 0 Å². The number of aromatic amines is 2. The maximum absolute atomic E-state index is 12.2. The molecule has 3 N–H and O–H groups in total. The van der Waals surface area contributed by atoms with Crippen LogP contribution in [0.2, 0.25) is 0 Å². The molecule has 0 aromatic carbocycles. The minimum atomic E-state index is -0.101. The topological polar surface area (TPSA) is 99.4 Å². The lowest BCUT2D eigenvalue weighted by Crippen LogP contribution is -2.23. The summed E-state index contributed by atoms with van der Waals surface area (Å²) < 4.78 is 0. The van der Waals surface area contributed by atoms with Gasteiger partial charge in [0.1, 0.15) is 5.65 Å². The van der Waals surface area contributed by atoms with Gasteiger partial charge in [-0.05, 0) is 29.8 Å². The molecule has 122 valence electrons. The van der Waals surface area contributed by atoms with Crippen LogP contribution in [-0.4, -0.2) is 31.1 Å². The highest BCUT2D eigenvalue weighted by Crippen LogP contribution is 2.43. The fraction of sp³-hybridized carbons (Fsp3) is 0.111. The summed E-state index contributed by atoms with van der Waals surface area (Å²) in [5.74, 6) is 0.439. The number of carbonyl (C=O) groups is 1. The molecule has 4 aromatic heterocycles. The average Bonchev–Trinajstić information content (AvgIpc) is 3.26. The number of amides is 1. The Hall–Kier alpha value is -3.48. The average molecular weight is 330 g/mol. The van der Waals surface area contributed by atoms with Gasteiger partial charge in [-0.3, -0.25) is 14.9 Å². The molecule has 4 aromatic rings. The lowest BCUT2D eigenvalue weighted by molar-refractivity contribution is -0.116. The summed E-state index contributed by atoms with van der Waals surface area (Å²) in [6.45, 7) is 0. The van der Waals surface area contributed by atoms with Gasteiger partial charge in [0.15, 0.2) is 5.82 Å². The van der Waals surface area contributed by atoms with Gasteiger partial charge in [-0.15, -0.1) is 0 Å². The molecule has 1 aliphatic heterocycles. The van der Waals surface area contributed by atoms with Crippen molar-refractivity contribution in [3.05, 3.63) is 60.2 Å². The molecular weight excluding hydrogens is 316 g/mol. The summed E-state index contributed by atoms with van der Waals surface area (Å²) in [6, 6.07) is 7.78. The smallest absolute Gasteiger partial charge is 0.226 e. The molecule has 7 nitrogen and oxygen atoms in total. The highest BCUT2D eigenvalue weighted by atomic mass is 16.1. The van der Waals surface area contributed by atoms with Crippen LogP contribution in [0.3, 0.4) is 0 Å². The molecule has 0 spiro atoms. The number of nitrogens with one attached hydrogen (secondary N) is 3. The van der Waals surface area contributed by atoms with Crippen molar-refractivity contribution in [3.8, 4) is 11.3 Å². The third-order valence-corrected chi connectivity index (χ3v) is 4.61. The van der Waals surface area contributed by atoms with Gasteiger partial charge in [0.2, 0.25) is 5.91 Å². The van der Waals surface area contributed by atoms with Crippen molar-refractivity contribution in [2.45, 2.75) is 12.3 Å². The Balaban J connectivity index is 1.73. The zero-order chi connectivity index (χ0) is 16.8. The van der Waals surface area contributed by atoms with Gasteiger partial charge in [0.05, 0.1) is 5.69 Å². The first-order chi connectivity index (χ1) is 12.3. The van der Waals surface area contributed by atoms with Crippen molar-refractivity contribution in [1.29, 1.82) is 0 Å². The standard InChI is InChI=1S/C18H14N6O/c25-14-7-12(13-9-21-17-11(13)4-2-6-20-17)15-16(23-24-18(15)22-14)10-3-1-5-19-8-10/h1-6,8-9,12H,7H2,(H,20,21)(H2,22,23,24,25).